The Balaban J connectivity index is 3.37. The van der Waals surface area contributed by atoms with Crippen LogP contribution in [0.15, 0.2) is 0 Å². The minimum atomic E-state index is -0.777. The zero-order valence-electron chi connectivity index (χ0n) is 10.1. The number of amides is 1. The maximum atomic E-state index is 11.2. The first kappa shape index (κ1) is 14.9. The second-order valence-corrected chi connectivity index (χ2v) is 3.94. The van der Waals surface area contributed by atoms with Gasteiger partial charge in [-0.15, -0.1) is 0 Å². The monoisotopic (exact) mass is 230 g/mol. The number of carboxylic acids is 1. The van der Waals surface area contributed by atoms with Gasteiger partial charge in [0.15, 0.2) is 0 Å². The number of aliphatic carboxylic acids is 1. The van der Waals surface area contributed by atoms with E-state index in [0.717, 1.165) is 13.0 Å². The van der Waals surface area contributed by atoms with Crippen molar-refractivity contribution in [3.05, 3.63) is 0 Å². The number of nitrogens with one attached hydrogen (secondary N) is 2. The van der Waals surface area contributed by atoms with Gasteiger partial charge >= 0.3 is 5.97 Å². The molecule has 0 spiro atoms. The molecule has 3 N–H and O–H groups in total. The summed E-state index contributed by atoms with van der Waals surface area (Å²) in [5.74, 6) is -1.07. The summed E-state index contributed by atoms with van der Waals surface area (Å²) < 4.78 is 0. The Morgan fingerprint density at radius 2 is 1.94 bits per heavy atom. The van der Waals surface area contributed by atoms with Crippen molar-refractivity contribution < 1.29 is 14.7 Å². The number of carboxylic acid groups (broad SMARTS) is 1. The molecule has 1 unspecified atom stereocenters. The summed E-state index contributed by atoms with van der Waals surface area (Å²) in [6.07, 6.45) is 2.67. The molecular weight excluding hydrogens is 208 g/mol. The van der Waals surface area contributed by atoms with Gasteiger partial charge in [-0.1, -0.05) is 6.92 Å². The predicted molar refractivity (Wildman–Crippen MR) is 62.2 cm³/mol. The molecule has 0 bridgehead atoms. The van der Waals surface area contributed by atoms with Crippen LogP contribution in [0.25, 0.3) is 0 Å². The highest BCUT2D eigenvalue weighted by atomic mass is 16.4. The van der Waals surface area contributed by atoms with Crippen LogP contribution in [0.4, 0.5) is 0 Å². The summed E-state index contributed by atoms with van der Waals surface area (Å²) in [5.41, 5.74) is 0. The van der Waals surface area contributed by atoms with E-state index < -0.39 is 5.97 Å². The van der Waals surface area contributed by atoms with Crippen LogP contribution in [-0.4, -0.2) is 37.1 Å². The Bertz CT molecular complexity index is 219. The molecule has 0 aromatic rings. The maximum absolute atomic E-state index is 11.2. The van der Waals surface area contributed by atoms with E-state index in [-0.39, 0.29) is 11.8 Å². The van der Waals surface area contributed by atoms with E-state index in [1.54, 1.807) is 6.92 Å². The molecule has 1 atom stereocenters. The molecule has 0 heterocycles. The van der Waals surface area contributed by atoms with Gasteiger partial charge in [0.2, 0.25) is 5.91 Å². The fourth-order valence-electron chi connectivity index (χ4n) is 1.27. The summed E-state index contributed by atoms with van der Waals surface area (Å²) in [5, 5.41) is 14.4. The first-order chi connectivity index (χ1) is 7.57. The van der Waals surface area contributed by atoms with Crippen molar-refractivity contribution in [2.45, 2.75) is 32.6 Å². The van der Waals surface area contributed by atoms with Gasteiger partial charge in [-0.25, -0.2) is 0 Å². The van der Waals surface area contributed by atoms with Gasteiger partial charge in [-0.3, -0.25) is 9.59 Å². The lowest BCUT2D eigenvalue weighted by Gasteiger charge is -2.07. The van der Waals surface area contributed by atoms with E-state index in [9.17, 15) is 9.59 Å². The minimum absolute atomic E-state index is 0.0400. The van der Waals surface area contributed by atoms with E-state index in [4.69, 9.17) is 5.11 Å². The zero-order valence-corrected chi connectivity index (χ0v) is 10.1. The molecule has 0 saturated heterocycles. The van der Waals surface area contributed by atoms with Gasteiger partial charge in [-0.05, 0) is 32.9 Å². The summed E-state index contributed by atoms with van der Waals surface area (Å²) in [6, 6.07) is 0. The number of carbonyl (C=O) groups is 2. The van der Waals surface area contributed by atoms with Crippen LogP contribution >= 0.6 is 0 Å². The van der Waals surface area contributed by atoms with Gasteiger partial charge in [0.25, 0.3) is 0 Å². The first-order valence-electron chi connectivity index (χ1n) is 5.72. The molecule has 0 aliphatic rings. The third kappa shape index (κ3) is 8.23. The lowest BCUT2D eigenvalue weighted by Crippen LogP contribution is -2.25. The number of hydrogen-bond donors (Lipinski definition) is 3. The normalized spacial score (nSPS) is 12.1. The standard InChI is InChI=1S/C11H22N2O3/c1-9(11(15)16)5-3-8-13-10(14)6-4-7-12-2/h9,12H,3-8H2,1-2H3,(H,13,14)(H,15,16). The molecule has 0 aliphatic carbocycles. The van der Waals surface area contributed by atoms with Crippen molar-refractivity contribution in [2.24, 2.45) is 5.92 Å². The second-order valence-electron chi connectivity index (χ2n) is 3.94. The van der Waals surface area contributed by atoms with E-state index in [0.29, 0.717) is 25.8 Å². The molecule has 0 aliphatic heterocycles. The third-order valence-corrected chi connectivity index (χ3v) is 2.39. The van der Waals surface area contributed by atoms with Crippen LogP contribution in [0.3, 0.4) is 0 Å². The van der Waals surface area contributed by atoms with Gasteiger partial charge in [-0.2, -0.15) is 0 Å². The van der Waals surface area contributed by atoms with E-state index in [1.807, 2.05) is 7.05 Å². The molecule has 0 saturated carbocycles. The Morgan fingerprint density at radius 1 is 1.25 bits per heavy atom. The van der Waals surface area contributed by atoms with Gasteiger partial charge < -0.3 is 15.7 Å². The molecule has 5 nitrogen and oxygen atoms in total. The average molecular weight is 230 g/mol. The Hall–Kier alpha value is -1.10. The van der Waals surface area contributed by atoms with Crippen molar-refractivity contribution in [1.82, 2.24) is 10.6 Å². The molecule has 5 heteroatoms. The molecule has 0 fully saturated rings. The van der Waals surface area contributed by atoms with Crippen molar-refractivity contribution in [3.8, 4) is 0 Å². The first-order valence-corrected chi connectivity index (χ1v) is 5.72. The lowest BCUT2D eigenvalue weighted by molar-refractivity contribution is -0.141. The Kier molecular flexibility index (Phi) is 8.52. The fraction of sp³-hybridized carbons (Fsp3) is 0.818. The molecule has 0 radical (unpaired) electrons. The van der Waals surface area contributed by atoms with Crippen molar-refractivity contribution in [3.63, 3.8) is 0 Å². The number of rotatable bonds is 9. The van der Waals surface area contributed by atoms with Crippen LogP contribution in [0, 0.1) is 5.92 Å². The number of carbonyl (C=O) groups excluding carboxylic acids is 1. The highest BCUT2D eigenvalue weighted by Crippen LogP contribution is 2.04. The van der Waals surface area contributed by atoms with Crippen LogP contribution < -0.4 is 10.6 Å². The Labute approximate surface area is 96.6 Å². The van der Waals surface area contributed by atoms with E-state index >= 15 is 0 Å². The predicted octanol–water partition coefficient (Wildman–Crippen LogP) is 0.603. The fourth-order valence-corrected chi connectivity index (χ4v) is 1.27. The number of hydrogen-bond acceptors (Lipinski definition) is 3. The van der Waals surface area contributed by atoms with Crippen molar-refractivity contribution in [1.29, 1.82) is 0 Å². The largest absolute Gasteiger partial charge is 0.481 e. The second kappa shape index (κ2) is 9.15. The summed E-state index contributed by atoms with van der Waals surface area (Å²) in [4.78, 5) is 21.7. The van der Waals surface area contributed by atoms with Crippen LogP contribution in [0.1, 0.15) is 32.6 Å². The maximum Gasteiger partial charge on any atom is 0.306 e. The van der Waals surface area contributed by atoms with E-state index in [2.05, 4.69) is 10.6 Å². The SMILES string of the molecule is CNCCCC(=O)NCCCC(C)C(=O)O. The molecule has 16 heavy (non-hydrogen) atoms. The summed E-state index contributed by atoms with van der Waals surface area (Å²) in [6.45, 7) is 3.08. The molecule has 0 aromatic carbocycles. The van der Waals surface area contributed by atoms with Gasteiger partial charge in [0.1, 0.15) is 0 Å². The van der Waals surface area contributed by atoms with Gasteiger partial charge in [0, 0.05) is 13.0 Å². The van der Waals surface area contributed by atoms with Crippen molar-refractivity contribution in [2.75, 3.05) is 20.1 Å². The molecule has 0 rings (SSSR count). The highest BCUT2D eigenvalue weighted by molar-refractivity contribution is 5.75. The van der Waals surface area contributed by atoms with E-state index in [1.165, 1.54) is 0 Å². The molecule has 94 valence electrons. The zero-order chi connectivity index (χ0) is 12.4. The molecular formula is C11H22N2O3. The summed E-state index contributed by atoms with van der Waals surface area (Å²) in [7, 11) is 1.85. The van der Waals surface area contributed by atoms with Crippen LogP contribution in [0.2, 0.25) is 0 Å². The molecule has 0 aromatic heterocycles. The lowest BCUT2D eigenvalue weighted by atomic mass is 10.1. The quantitative estimate of drug-likeness (QED) is 0.507. The molecule has 1 amide bonds. The summed E-state index contributed by atoms with van der Waals surface area (Å²) >= 11 is 0. The average Bonchev–Trinajstić information content (AvgIpc) is 2.24. The minimum Gasteiger partial charge on any atom is -0.481 e. The Morgan fingerprint density at radius 3 is 2.50 bits per heavy atom. The van der Waals surface area contributed by atoms with Gasteiger partial charge in [0.05, 0.1) is 5.92 Å². The van der Waals surface area contributed by atoms with Crippen LogP contribution in [-0.2, 0) is 9.59 Å². The van der Waals surface area contributed by atoms with Crippen molar-refractivity contribution >= 4 is 11.9 Å². The third-order valence-electron chi connectivity index (χ3n) is 2.39. The topological polar surface area (TPSA) is 78.4 Å². The highest BCUT2D eigenvalue weighted by Gasteiger charge is 2.09. The smallest absolute Gasteiger partial charge is 0.306 e. The van der Waals surface area contributed by atoms with Crippen LogP contribution in [0.5, 0.6) is 0 Å².